The zero-order valence-corrected chi connectivity index (χ0v) is 16.9. The number of carbonyl (C=O) groups is 2. The van der Waals surface area contributed by atoms with Crippen LogP contribution in [0.3, 0.4) is 0 Å². The van der Waals surface area contributed by atoms with Gasteiger partial charge in [0.25, 0.3) is 5.69 Å². The Bertz CT molecular complexity index is 1240. The molecule has 3 aromatic rings. The van der Waals surface area contributed by atoms with Crippen LogP contribution in [0.4, 0.5) is 11.4 Å². The summed E-state index contributed by atoms with van der Waals surface area (Å²) >= 11 is 0. The number of hydrogen-bond donors (Lipinski definition) is 2. The van der Waals surface area contributed by atoms with E-state index in [0.717, 1.165) is 5.56 Å². The van der Waals surface area contributed by atoms with Crippen LogP contribution in [-0.4, -0.2) is 23.0 Å². The highest BCUT2D eigenvalue weighted by molar-refractivity contribution is 6.39. The molecule has 3 rings (SSSR count). The molecule has 2 N–H and O–H groups in total. The first-order chi connectivity index (χ1) is 15.4. The molecule has 10 heteroatoms. The molecule has 32 heavy (non-hydrogen) atoms. The van der Waals surface area contributed by atoms with Gasteiger partial charge in [0.1, 0.15) is 11.5 Å². The van der Waals surface area contributed by atoms with Gasteiger partial charge < -0.3 is 9.73 Å². The molecule has 0 atom stereocenters. The molecule has 0 spiro atoms. The SMILES string of the molecule is Cc1cc([N+](=O)[O-])ccc1-c1ccc(/C=N\NC(=O)C(=O)Nc2ccc(CC#N)cc2)o1. The summed E-state index contributed by atoms with van der Waals surface area (Å²) in [6, 6.07) is 16.2. The monoisotopic (exact) mass is 431 g/mol. The summed E-state index contributed by atoms with van der Waals surface area (Å²) in [6.45, 7) is 1.73. The van der Waals surface area contributed by atoms with E-state index in [2.05, 4.69) is 15.8 Å². The average molecular weight is 431 g/mol. The first kappa shape index (κ1) is 21.9. The Morgan fingerprint density at radius 2 is 1.91 bits per heavy atom. The summed E-state index contributed by atoms with van der Waals surface area (Å²) in [5.41, 5.74) is 4.64. The number of hydrogen-bond acceptors (Lipinski definition) is 7. The van der Waals surface area contributed by atoms with Crippen molar-refractivity contribution in [2.24, 2.45) is 5.10 Å². The Morgan fingerprint density at radius 3 is 2.56 bits per heavy atom. The van der Waals surface area contributed by atoms with E-state index in [1.165, 1.54) is 18.3 Å². The largest absolute Gasteiger partial charge is 0.455 e. The van der Waals surface area contributed by atoms with Gasteiger partial charge in [0, 0.05) is 23.4 Å². The van der Waals surface area contributed by atoms with Crippen molar-refractivity contribution in [3.63, 3.8) is 0 Å². The molecule has 1 aromatic heterocycles. The summed E-state index contributed by atoms with van der Waals surface area (Å²) in [6.07, 6.45) is 1.48. The topological polar surface area (TPSA) is 151 Å². The van der Waals surface area contributed by atoms with Crippen LogP contribution in [0.5, 0.6) is 0 Å². The number of benzene rings is 2. The number of rotatable bonds is 6. The van der Waals surface area contributed by atoms with Crippen molar-refractivity contribution in [2.45, 2.75) is 13.3 Å². The number of amides is 2. The van der Waals surface area contributed by atoms with Crippen molar-refractivity contribution in [3.05, 3.63) is 81.6 Å². The van der Waals surface area contributed by atoms with Gasteiger partial charge in [-0.1, -0.05) is 12.1 Å². The molecular weight excluding hydrogens is 414 g/mol. The molecule has 0 saturated heterocycles. The van der Waals surface area contributed by atoms with Gasteiger partial charge in [0.2, 0.25) is 0 Å². The van der Waals surface area contributed by atoms with Gasteiger partial charge >= 0.3 is 11.8 Å². The number of nitrogens with one attached hydrogen (secondary N) is 2. The summed E-state index contributed by atoms with van der Waals surface area (Å²) < 4.78 is 5.63. The second kappa shape index (κ2) is 9.82. The molecule has 0 aliphatic carbocycles. The number of non-ortho nitro benzene ring substituents is 1. The number of nitrogens with zero attached hydrogens (tertiary/aromatic N) is 3. The van der Waals surface area contributed by atoms with E-state index in [1.54, 1.807) is 49.4 Å². The van der Waals surface area contributed by atoms with E-state index in [4.69, 9.17) is 9.68 Å². The number of carbonyl (C=O) groups excluding carboxylic acids is 2. The van der Waals surface area contributed by atoms with E-state index in [0.29, 0.717) is 28.3 Å². The number of nitro groups is 1. The first-order valence-corrected chi connectivity index (χ1v) is 9.33. The maximum Gasteiger partial charge on any atom is 0.329 e. The first-order valence-electron chi connectivity index (χ1n) is 9.33. The summed E-state index contributed by atoms with van der Waals surface area (Å²) in [4.78, 5) is 34.2. The second-order valence-electron chi connectivity index (χ2n) is 6.64. The Balaban J connectivity index is 1.57. The molecule has 0 radical (unpaired) electrons. The molecule has 160 valence electrons. The van der Waals surface area contributed by atoms with E-state index in [1.807, 2.05) is 6.07 Å². The number of furan rings is 1. The van der Waals surface area contributed by atoms with E-state index in [9.17, 15) is 19.7 Å². The average Bonchev–Trinajstić information content (AvgIpc) is 3.23. The molecule has 0 aliphatic rings. The van der Waals surface area contributed by atoms with Gasteiger partial charge in [0.15, 0.2) is 0 Å². The minimum Gasteiger partial charge on any atom is -0.455 e. The molecule has 2 amide bonds. The highest BCUT2D eigenvalue weighted by atomic mass is 16.6. The lowest BCUT2D eigenvalue weighted by molar-refractivity contribution is -0.384. The number of anilines is 1. The van der Waals surface area contributed by atoms with Crippen molar-refractivity contribution in [1.29, 1.82) is 5.26 Å². The predicted octanol–water partition coefficient (Wildman–Crippen LogP) is 3.32. The standard InChI is InChI=1S/C22H17N5O5/c1-14-12-17(27(30)31)6-8-19(14)20-9-7-18(32-20)13-24-26-22(29)21(28)25-16-4-2-15(3-5-16)10-11-23/h2-9,12-13H,10H2,1H3,(H,25,28)(H,26,29)/b24-13-. The summed E-state index contributed by atoms with van der Waals surface area (Å²) in [7, 11) is 0. The highest BCUT2D eigenvalue weighted by Gasteiger charge is 2.14. The van der Waals surface area contributed by atoms with E-state index >= 15 is 0 Å². The molecular formula is C22H17N5O5. The van der Waals surface area contributed by atoms with Crippen molar-refractivity contribution in [1.82, 2.24) is 5.43 Å². The van der Waals surface area contributed by atoms with E-state index in [-0.39, 0.29) is 12.1 Å². The number of aryl methyl sites for hydroxylation is 1. The maximum atomic E-state index is 11.9. The van der Waals surface area contributed by atoms with Crippen LogP contribution in [0, 0.1) is 28.4 Å². The third-order valence-corrected chi connectivity index (χ3v) is 4.37. The normalized spacial score (nSPS) is 10.5. The predicted molar refractivity (Wildman–Crippen MR) is 116 cm³/mol. The molecule has 1 heterocycles. The quantitative estimate of drug-likeness (QED) is 0.264. The van der Waals surface area contributed by atoms with Crippen molar-refractivity contribution in [2.75, 3.05) is 5.32 Å². The van der Waals surface area contributed by atoms with E-state index < -0.39 is 16.7 Å². The van der Waals surface area contributed by atoms with Gasteiger partial charge in [0.05, 0.1) is 23.6 Å². The summed E-state index contributed by atoms with van der Waals surface area (Å²) in [5, 5.41) is 25.6. The molecule has 10 nitrogen and oxygen atoms in total. The van der Waals surface area contributed by atoms with Crippen LogP contribution in [0.2, 0.25) is 0 Å². The zero-order chi connectivity index (χ0) is 23.1. The van der Waals surface area contributed by atoms with Crippen LogP contribution >= 0.6 is 0 Å². The Morgan fingerprint density at radius 1 is 1.16 bits per heavy atom. The van der Waals surface area contributed by atoms with Crippen LogP contribution in [0.15, 0.2) is 64.1 Å². The van der Waals surface area contributed by atoms with Gasteiger partial charge in [-0.2, -0.15) is 10.4 Å². The molecule has 0 unspecified atom stereocenters. The summed E-state index contributed by atoms with van der Waals surface area (Å²) in [5.74, 6) is -1.09. The van der Waals surface area contributed by atoms with Crippen LogP contribution in [-0.2, 0) is 16.0 Å². The number of nitriles is 1. The Hall–Kier alpha value is -4.78. The third-order valence-electron chi connectivity index (χ3n) is 4.37. The fraction of sp³-hybridized carbons (Fsp3) is 0.0909. The van der Waals surface area contributed by atoms with Gasteiger partial charge in [-0.3, -0.25) is 19.7 Å². The van der Waals surface area contributed by atoms with Crippen LogP contribution < -0.4 is 10.7 Å². The van der Waals surface area contributed by atoms with Crippen LogP contribution in [0.25, 0.3) is 11.3 Å². The smallest absolute Gasteiger partial charge is 0.329 e. The fourth-order valence-corrected chi connectivity index (χ4v) is 2.80. The van der Waals surface area contributed by atoms with Gasteiger partial charge in [-0.25, -0.2) is 5.43 Å². The zero-order valence-electron chi connectivity index (χ0n) is 16.9. The lowest BCUT2D eigenvalue weighted by atomic mass is 10.1. The molecule has 0 bridgehead atoms. The molecule has 2 aromatic carbocycles. The van der Waals surface area contributed by atoms with Crippen molar-refractivity contribution >= 4 is 29.4 Å². The minimum atomic E-state index is -0.972. The third kappa shape index (κ3) is 5.43. The van der Waals surface area contributed by atoms with Crippen molar-refractivity contribution in [3.8, 4) is 17.4 Å². The lowest BCUT2D eigenvalue weighted by Gasteiger charge is -2.04. The second-order valence-corrected chi connectivity index (χ2v) is 6.64. The van der Waals surface area contributed by atoms with Gasteiger partial charge in [-0.15, -0.1) is 0 Å². The Kier molecular flexibility index (Phi) is 6.72. The minimum absolute atomic E-state index is 0.0151. The molecule has 0 fully saturated rings. The fourth-order valence-electron chi connectivity index (χ4n) is 2.80. The number of nitro benzene ring substituents is 1. The Labute approximate surface area is 182 Å². The maximum absolute atomic E-state index is 11.9. The van der Waals surface area contributed by atoms with Crippen molar-refractivity contribution < 1.29 is 18.9 Å². The van der Waals surface area contributed by atoms with Crippen LogP contribution in [0.1, 0.15) is 16.9 Å². The highest BCUT2D eigenvalue weighted by Crippen LogP contribution is 2.28. The van der Waals surface area contributed by atoms with Gasteiger partial charge in [-0.05, 0) is 48.4 Å². The lowest BCUT2D eigenvalue weighted by Crippen LogP contribution is -2.32. The molecule has 0 saturated carbocycles. The number of hydrazone groups is 1. The molecule has 0 aliphatic heterocycles.